The Morgan fingerprint density at radius 1 is 1.37 bits per heavy atom. The van der Waals surface area contributed by atoms with Gasteiger partial charge in [0, 0.05) is 0 Å². The first-order valence-corrected chi connectivity index (χ1v) is 6.46. The zero-order chi connectivity index (χ0) is 14.0. The lowest BCUT2D eigenvalue weighted by Gasteiger charge is -2.04. The third-order valence-electron chi connectivity index (χ3n) is 2.62. The highest BCUT2D eigenvalue weighted by Gasteiger charge is 2.26. The number of nitrogens with zero attached hydrogens (tertiary/aromatic N) is 1. The molecule has 0 radical (unpaired) electrons. The number of hydrogen-bond donors (Lipinski definition) is 2. The fraction of sp³-hybridized carbons (Fsp3) is 0.154. The molecule has 0 fully saturated rings. The van der Waals surface area contributed by atoms with Crippen LogP contribution in [0.15, 0.2) is 40.6 Å². The van der Waals surface area contributed by atoms with E-state index in [-0.39, 0.29) is 33.5 Å². The first-order valence-electron chi connectivity index (χ1n) is 5.48. The predicted molar refractivity (Wildman–Crippen MR) is 73.3 cm³/mol. The minimum absolute atomic E-state index is 0.0101. The van der Waals surface area contributed by atoms with Crippen molar-refractivity contribution in [1.29, 1.82) is 0 Å². The van der Waals surface area contributed by atoms with Crippen LogP contribution in [0, 0.1) is 0 Å². The number of aromatic carboxylic acids is 1. The summed E-state index contributed by atoms with van der Waals surface area (Å²) in [5.41, 5.74) is 0.809. The molecular formula is C13H11NO4S. The number of hydrogen-bond acceptors (Lipinski definition) is 5. The molecule has 0 unspecified atom stereocenters. The van der Waals surface area contributed by atoms with E-state index in [2.05, 4.69) is 4.99 Å². The SMILES string of the molecule is CC(=Nc1ccccc1C(=O)O)C1=C(O)CSC1=O. The maximum atomic E-state index is 11.6. The number of carboxylic acid groups (broad SMARTS) is 1. The highest BCUT2D eigenvalue weighted by Crippen LogP contribution is 2.28. The number of carbonyl (C=O) groups excluding carboxylic acids is 1. The van der Waals surface area contributed by atoms with Crippen molar-refractivity contribution in [3.05, 3.63) is 41.2 Å². The summed E-state index contributed by atoms with van der Waals surface area (Å²) in [5, 5.41) is 18.4. The molecule has 0 aliphatic carbocycles. The van der Waals surface area contributed by atoms with Gasteiger partial charge in [-0.1, -0.05) is 23.9 Å². The van der Waals surface area contributed by atoms with Gasteiger partial charge in [-0.25, -0.2) is 4.79 Å². The third-order valence-corrected chi connectivity index (χ3v) is 3.50. The number of aliphatic hydroxyl groups is 1. The van der Waals surface area contributed by atoms with E-state index in [0.29, 0.717) is 5.71 Å². The Kier molecular flexibility index (Phi) is 3.71. The summed E-state index contributed by atoms with van der Waals surface area (Å²) in [7, 11) is 0. The number of carboxylic acids is 1. The van der Waals surface area contributed by atoms with Crippen LogP contribution in [0.25, 0.3) is 0 Å². The molecule has 98 valence electrons. The summed E-state index contributed by atoms with van der Waals surface area (Å²) in [5.74, 6) is -0.858. The van der Waals surface area contributed by atoms with Crippen molar-refractivity contribution in [2.75, 3.05) is 5.75 Å². The minimum atomic E-state index is -1.09. The minimum Gasteiger partial charge on any atom is -0.511 e. The van der Waals surface area contributed by atoms with E-state index in [0.717, 1.165) is 11.8 Å². The lowest BCUT2D eigenvalue weighted by molar-refractivity contribution is -0.107. The second-order valence-corrected chi connectivity index (χ2v) is 4.87. The average Bonchev–Trinajstić information content (AvgIpc) is 2.69. The summed E-state index contributed by atoms with van der Waals surface area (Å²) in [6, 6.07) is 6.26. The molecule has 0 amide bonds. The number of aliphatic imine (C=N–C) groups is 1. The molecule has 0 bridgehead atoms. The van der Waals surface area contributed by atoms with Gasteiger partial charge in [0.15, 0.2) is 0 Å². The molecule has 19 heavy (non-hydrogen) atoms. The van der Waals surface area contributed by atoms with Gasteiger partial charge in [-0.2, -0.15) is 0 Å². The number of aliphatic hydroxyl groups excluding tert-OH is 1. The lowest BCUT2D eigenvalue weighted by atomic mass is 10.1. The van der Waals surface area contributed by atoms with Crippen LogP contribution in [0.5, 0.6) is 0 Å². The Hall–Kier alpha value is -2.08. The summed E-state index contributed by atoms with van der Waals surface area (Å²) < 4.78 is 0. The number of para-hydroxylation sites is 1. The van der Waals surface area contributed by atoms with Crippen LogP contribution >= 0.6 is 11.8 Å². The molecule has 1 heterocycles. The predicted octanol–water partition coefficient (Wildman–Crippen LogP) is 2.56. The fourth-order valence-corrected chi connectivity index (χ4v) is 2.56. The van der Waals surface area contributed by atoms with Gasteiger partial charge in [0.25, 0.3) is 0 Å². The van der Waals surface area contributed by atoms with E-state index in [1.165, 1.54) is 6.07 Å². The van der Waals surface area contributed by atoms with E-state index in [1.807, 2.05) is 0 Å². The Bertz CT molecular complexity index is 619. The van der Waals surface area contributed by atoms with Crippen molar-refractivity contribution < 1.29 is 19.8 Å². The number of benzene rings is 1. The van der Waals surface area contributed by atoms with Crippen molar-refractivity contribution in [3.63, 3.8) is 0 Å². The first kappa shape index (κ1) is 13.4. The van der Waals surface area contributed by atoms with Gasteiger partial charge >= 0.3 is 5.97 Å². The topological polar surface area (TPSA) is 87.0 Å². The van der Waals surface area contributed by atoms with Crippen LogP contribution in [-0.4, -0.2) is 32.8 Å². The van der Waals surface area contributed by atoms with Gasteiger partial charge in [0.2, 0.25) is 5.12 Å². The highest BCUT2D eigenvalue weighted by atomic mass is 32.2. The van der Waals surface area contributed by atoms with Crippen molar-refractivity contribution in [1.82, 2.24) is 0 Å². The van der Waals surface area contributed by atoms with E-state index in [1.54, 1.807) is 25.1 Å². The molecule has 2 N–H and O–H groups in total. The molecule has 1 aliphatic heterocycles. The third kappa shape index (κ3) is 2.68. The largest absolute Gasteiger partial charge is 0.511 e. The molecule has 1 aromatic rings. The summed E-state index contributed by atoms with van der Waals surface area (Å²) in [6.45, 7) is 1.58. The van der Waals surface area contributed by atoms with Crippen LogP contribution in [0.4, 0.5) is 5.69 Å². The quantitative estimate of drug-likeness (QED) is 0.829. The van der Waals surface area contributed by atoms with Gasteiger partial charge in [0.05, 0.1) is 28.3 Å². The van der Waals surface area contributed by atoms with Gasteiger partial charge in [-0.15, -0.1) is 0 Å². The Morgan fingerprint density at radius 3 is 2.63 bits per heavy atom. The molecule has 0 saturated heterocycles. The van der Waals surface area contributed by atoms with Gasteiger partial charge in [0.1, 0.15) is 5.76 Å². The van der Waals surface area contributed by atoms with E-state index in [4.69, 9.17) is 5.11 Å². The highest BCUT2D eigenvalue weighted by molar-refractivity contribution is 8.14. The summed E-state index contributed by atoms with van der Waals surface area (Å²) >= 11 is 1.00. The molecule has 5 nitrogen and oxygen atoms in total. The van der Waals surface area contributed by atoms with Crippen LogP contribution in [0.2, 0.25) is 0 Å². The van der Waals surface area contributed by atoms with Crippen molar-refractivity contribution >= 4 is 34.2 Å². The smallest absolute Gasteiger partial charge is 0.337 e. The zero-order valence-electron chi connectivity index (χ0n) is 10.1. The Morgan fingerprint density at radius 2 is 2.05 bits per heavy atom. The van der Waals surface area contributed by atoms with Gasteiger partial charge in [-0.3, -0.25) is 9.79 Å². The molecule has 0 aromatic heterocycles. The van der Waals surface area contributed by atoms with E-state index >= 15 is 0 Å². The molecule has 0 saturated carbocycles. The lowest BCUT2D eigenvalue weighted by Crippen LogP contribution is -2.05. The second kappa shape index (κ2) is 5.27. The number of rotatable bonds is 3. The molecule has 2 rings (SSSR count). The molecule has 1 aliphatic rings. The maximum absolute atomic E-state index is 11.6. The monoisotopic (exact) mass is 277 g/mol. The van der Waals surface area contributed by atoms with Crippen LogP contribution < -0.4 is 0 Å². The van der Waals surface area contributed by atoms with Crippen LogP contribution in [-0.2, 0) is 4.79 Å². The maximum Gasteiger partial charge on any atom is 0.337 e. The summed E-state index contributed by atoms with van der Waals surface area (Å²) in [4.78, 5) is 26.8. The number of carbonyl (C=O) groups is 2. The summed E-state index contributed by atoms with van der Waals surface area (Å²) in [6.07, 6.45) is 0. The van der Waals surface area contributed by atoms with Crippen molar-refractivity contribution in [2.24, 2.45) is 4.99 Å². The fourth-order valence-electron chi connectivity index (χ4n) is 1.74. The molecular weight excluding hydrogens is 266 g/mol. The van der Waals surface area contributed by atoms with Crippen molar-refractivity contribution in [2.45, 2.75) is 6.92 Å². The molecule has 6 heteroatoms. The van der Waals surface area contributed by atoms with E-state index < -0.39 is 5.97 Å². The Balaban J connectivity index is 2.45. The van der Waals surface area contributed by atoms with Crippen LogP contribution in [0.3, 0.4) is 0 Å². The van der Waals surface area contributed by atoms with Crippen molar-refractivity contribution in [3.8, 4) is 0 Å². The zero-order valence-corrected chi connectivity index (χ0v) is 10.9. The molecule has 1 aromatic carbocycles. The molecule has 0 spiro atoms. The first-order chi connectivity index (χ1) is 9.00. The van der Waals surface area contributed by atoms with E-state index in [9.17, 15) is 14.7 Å². The standard InChI is InChI=1S/C13H11NO4S/c1-7(11-10(15)6-19-13(11)18)14-9-5-3-2-4-8(9)12(16)17/h2-5,15H,6H2,1H3,(H,16,17). The second-order valence-electron chi connectivity index (χ2n) is 3.92. The van der Waals surface area contributed by atoms with Gasteiger partial charge < -0.3 is 10.2 Å². The average molecular weight is 277 g/mol. The van der Waals surface area contributed by atoms with Gasteiger partial charge in [-0.05, 0) is 19.1 Å². The van der Waals surface area contributed by atoms with Crippen LogP contribution in [0.1, 0.15) is 17.3 Å². The molecule has 0 atom stereocenters. The Labute approximate surface area is 113 Å². The normalized spacial score (nSPS) is 16.1. The number of thioether (sulfide) groups is 1.